The first-order valence-electron chi connectivity index (χ1n) is 9.15. The summed E-state index contributed by atoms with van der Waals surface area (Å²) in [6, 6.07) is 12.5. The molecule has 3 aliphatic rings. The second-order valence-corrected chi connectivity index (χ2v) is 7.72. The Bertz CT molecular complexity index is 468. The van der Waals surface area contributed by atoms with Gasteiger partial charge in [0.2, 0.25) is 0 Å². The van der Waals surface area contributed by atoms with Crippen molar-refractivity contribution in [3.63, 3.8) is 0 Å². The molecule has 0 heterocycles. The highest BCUT2D eigenvalue weighted by Crippen LogP contribution is 2.58. The molecule has 3 fully saturated rings. The number of benzene rings is 1. The van der Waals surface area contributed by atoms with E-state index in [0.29, 0.717) is 6.04 Å². The minimum Gasteiger partial charge on any atom is -0.311 e. The molecule has 0 amide bonds. The zero-order valence-electron chi connectivity index (χ0n) is 13.3. The maximum atomic E-state index is 4.06. The molecule has 6 unspecified atom stereocenters. The third-order valence-electron chi connectivity index (χ3n) is 6.70. The number of rotatable bonds is 5. The summed E-state index contributed by atoms with van der Waals surface area (Å²) in [6.07, 6.45) is 10.0. The van der Waals surface area contributed by atoms with Gasteiger partial charge in [-0.05, 0) is 67.8 Å². The van der Waals surface area contributed by atoms with E-state index in [4.69, 9.17) is 0 Å². The molecule has 0 spiro atoms. The van der Waals surface area contributed by atoms with Gasteiger partial charge in [-0.25, -0.2) is 0 Å². The minimum atomic E-state index is 0.664. The highest BCUT2D eigenvalue weighted by atomic mass is 15.0. The normalized spacial score (nSPS) is 38.6. The van der Waals surface area contributed by atoms with Crippen LogP contribution in [-0.2, 0) is 6.42 Å². The molecule has 0 aliphatic heterocycles. The van der Waals surface area contributed by atoms with Crippen molar-refractivity contribution in [2.75, 3.05) is 0 Å². The number of hydrogen-bond donors (Lipinski definition) is 1. The Morgan fingerprint density at radius 3 is 2.67 bits per heavy atom. The van der Waals surface area contributed by atoms with Crippen LogP contribution in [0.5, 0.6) is 0 Å². The van der Waals surface area contributed by atoms with Gasteiger partial charge >= 0.3 is 0 Å². The Balaban J connectivity index is 1.39. The molecule has 114 valence electrons. The van der Waals surface area contributed by atoms with Gasteiger partial charge in [-0.3, -0.25) is 0 Å². The van der Waals surface area contributed by atoms with Crippen LogP contribution in [0.25, 0.3) is 0 Å². The molecule has 3 saturated carbocycles. The van der Waals surface area contributed by atoms with Crippen LogP contribution in [0.4, 0.5) is 0 Å². The van der Waals surface area contributed by atoms with Gasteiger partial charge < -0.3 is 5.32 Å². The molecule has 0 saturated heterocycles. The fourth-order valence-corrected chi connectivity index (χ4v) is 5.78. The first kappa shape index (κ1) is 13.8. The number of nitrogens with one attached hydrogen (secondary N) is 1. The lowest BCUT2D eigenvalue weighted by Crippen LogP contribution is -2.45. The monoisotopic (exact) mass is 283 g/mol. The van der Waals surface area contributed by atoms with E-state index in [1.165, 1.54) is 44.1 Å². The van der Waals surface area contributed by atoms with E-state index in [9.17, 15) is 0 Å². The maximum Gasteiger partial charge on any atom is 0.0108 e. The molecule has 3 aliphatic carbocycles. The standard InChI is InChI=1S/C20H29N/c1-2-16(11-14-7-4-3-5-8-14)21-20-13-15-12-19(20)18-10-6-9-17(15)18/h3-5,7-8,15-21H,2,6,9-13H2,1H3. The van der Waals surface area contributed by atoms with E-state index < -0.39 is 0 Å². The Hall–Kier alpha value is -0.820. The van der Waals surface area contributed by atoms with Crippen molar-refractivity contribution >= 4 is 0 Å². The number of fused-ring (bicyclic) bond motifs is 5. The van der Waals surface area contributed by atoms with E-state index in [1.54, 1.807) is 6.42 Å². The fraction of sp³-hybridized carbons (Fsp3) is 0.700. The minimum absolute atomic E-state index is 0.664. The Kier molecular flexibility index (Phi) is 3.79. The van der Waals surface area contributed by atoms with Crippen molar-refractivity contribution in [1.82, 2.24) is 5.32 Å². The van der Waals surface area contributed by atoms with Crippen molar-refractivity contribution in [2.24, 2.45) is 23.7 Å². The van der Waals surface area contributed by atoms with E-state index in [0.717, 1.165) is 29.7 Å². The lowest BCUT2D eigenvalue weighted by Gasteiger charge is -2.34. The van der Waals surface area contributed by atoms with Crippen LogP contribution < -0.4 is 5.32 Å². The van der Waals surface area contributed by atoms with Crippen molar-refractivity contribution < 1.29 is 0 Å². The molecule has 6 atom stereocenters. The van der Waals surface area contributed by atoms with Crippen LogP contribution in [0.1, 0.15) is 51.0 Å². The predicted octanol–water partition coefficient (Wildman–Crippen LogP) is 4.42. The van der Waals surface area contributed by atoms with Crippen LogP contribution in [-0.4, -0.2) is 12.1 Å². The topological polar surface area (TPSA) is 12.0 Å². The Morgan fingerprint density at radius 2 is 1.86 bits per heavy atom. The zero-order chi connectivity index (χ0) is 14.2. The summed E-state index contributed by atoms with van der Waals surface area (Å²) in [7, 11) is 0. The lowest BCUT2D eigenvalue weighted by molar-refractivity contribution is 0.196. The van der Waals surface area contributed by atoms with Gasteiger partial charge in [-0.15, -0.1) is 0 Å². The summed E-state index contributed by atoms with van der Waals surface area (Å²) in [5.74, 6) is 4.26. The van der Waals surface area contributed by atoms with Crippen molar-refractivity contribution in [2.45, 2.75) is 64.0 Å². The van der Waals surface area contributed by atoms with E-state index >= 15 is 0 Å². The maximum absolute atomic E-state index is 4.06. The average Bonchev–Trinajstić information content (AvgIpc) is 3.20. The largest absolute Gasteiger partial charge is 0.311 e. The van der Waals surface area contributed by atoms with Gasteiger partial charge in [0.1, 0.15) is 0 Å². The van der Waals surface area contributed by atoms with E-state index in [-0.39, 0.29) is 0 Å². The van der Waals surface area contributed by atoms with Gasteiger partial charge in [0, 0.05) is 12.1 Å². The van der Waals surface area contributed by atoms with Gasteiger partial charge in [0.25, 0.3) is 0 Å². The Morgan fingerprint density at radius 1 is 1.05 bits per heavy atom. The summed E-state index contributed by atoms with van der Waals surface area (Å²) in [5, 5.41) is 4.06. The van der Waals surface area contributed by atoms with Crippen LogP contribution in [0.15, 0.2) is 30.3 Å². The molecule has 1 aromatic carbocycles. The molecule has 2 bridgehead atoms. The van der Waals surface area contributed by atoms with Crippen LogP contribution in [0.2, 0.25) is 0 Å². The zero-order valence-corrected chi connectivity index (χ0v) is 13.3. The fourth-order valence-electron chi connectivity index (χ4n) is 5.78. The predicted molar refractivity (Wildman–Crippen MR) is 88.2 cm³/mol. The molecule has 21 heavy (non-hydrogen) atoms. The summed E-state index contributed by atoms with van der Waals surface area (Å²) >= 11 is 0. The summed E-state index contributed by atoms with van der Waals surface area (Å²) in [5.41, 5.74) is 1.48. The molecule has 1 heteroatoms. The molecule has 4 rings (SSSR count). The second kappa shape index (κ2) is 5.76. The van der Waals surface area contributed by atoms with Gasteiger partial charge in [-0.1, -0.05) is 43.7 Å². The average molecular weight is 283 g/mol. The molecule has 1 nitrogen and oxygen atoms in total. The molecular weight excluding hydrogens is 254 g/mol. The van der Waals surface area contributed by atoms with E-state index in [2.05, 4.69) is 42.6 Å². The first-order chi connectivity index (χ1) is 10.3. The Labute approximate surface area is 129 Å². The van der Waals surface area contributed by atoms with E-state index in [1.807, 2.05) is 0 Å². The van der Waals surface area contributed by atoms with Crippen molar-refractivity contribution in [1.29, 1.82) is 0 Å². The molecule has 0 aromatic heterocycles. The molecule has 0 radical (unpaired) electrons. The molecular formula is C20H29N. The highest BCUT2D eigenvalue weighted by Gasteiger charge is 2.53. The lowest BCUT2D eigenvalue weighted by atomic mass is 9.79. The SMILES string of the molecule is CCC(Cc1ccccc1)NC1CC2CC1C1CCCC21. The van der Waals surface area contributed by atoms with Crippen LogP contribution in [0, 0.1) is 23.7 Å². The summed E-state index contributed by atoms with van der Waals surface area (Å²) in [6.45, 7) is 2.34. The summed E-state index contributed by atoms with van der Waals surface area (Å²) < 4.78 is 0. The smallest absolute Gasteiger partial charge is 0.0108 e. The van der Waals surface area contributed by atoms with Gasteiger partial charge in [0.15, 0.2) is 0 Å². The van der Waals surface area contributed by atoms with Gasteiger partial charge in [-0.2, -0.15) is 0 Å². The molecule has 1 N–H and O–H groups in total. The van der Waals surface area contributed by atoms with Crippen LogP contribution in [0.3, 0.4) is 0 Å². The van der Waals surface area contributed by atoms with Gasteiger partial charge in [0.05, 0.1) is 0 Å². The third kappa shape index (κ3) is 2.54. The first-order valence-corrected chi connectivity index (χ1v) is 9.15. The van der Waals surface area contributed by atoms with Crippen molar-refractivity contribution in [3.05, 3.63) is 35.9 Å². The van der Waals surface area contributed by atoms with Crippen molar-refractivity contribution in [3.8, 4) is 0 Å². The highest BCUT2D eigenvalue weighted by molar-refractivity contribution is 5.16. The molecule has 1 aromatic rings. The third-order valence-corrected chi connectivity index (χ3v) is 6.70. The quantitative estimate of drug-likeness (QED) is 0.843. The van der Waals surface area contributed by atoms with Crippen LogP contribution >= 0.6 is 0 Å². The summed E-state index contributed by atoms with van der Waals surface area (Å²) in [4.78, 5) is 0. The second-order valence-electron chi connectivity index (χ2n) is 7.72. The number of hydrogen-bond acceptors (Lipinski definition) is 1.